The molecule has 0 radical (unpaired) electrons. The van der Waals surface area contributed by atoms with Gasteiger partial charge in [-0.1, -0.05) is 6.92 Å². The Hall–Kier alpha value is -0.200. The highest BCUT2D eigenvalue weighted by Gasteiger charge is 1.93. The molecule has 0 aromatic heterocycles. The summed E-state index contributed by atoms with van der Waals surface area (Å²) in [4.78, 5) is 9.98. The summed E-state index contributed by atoms with van der Waals surface area (Å²) in [7, 11) is 0. The van der Waals surface area contributed by atoms with Gasteiger partial charge in [0.15, 0.2) is 0 Å². The highest BCUT2D eigenvalue weighted by Crippen LogP contribution is 1.92. The SMILES string of the molecule is CCCOCCCOOCCCOCCCCO. The third-order valence-electron chi connectivity index (χ3n) is 2.16. The van der Waals surface area contributed by atoms with Crippen molar-refractivity contribution in [3.63, 3.8) is 0 Å². The predicted molar refractivity (Wildman–Crippen MR) is 69.4 cm³/mol. The number of unbranched alkanes of at least 4 members (excludes halogenated alkanes) is 1. The highest BCUT2D eigenvalue weighted by atomic mass is 17.2. The van der Waals surface area contributed by atoms with Crippen LogP contribution in [0.15, 0.2) is 0 Å². The number of hydrogen-bond donors (Lipinski definition) is 1. The zero-order valence-corrected chi connectivity index (χ0v) is 11.6. The summed E-state index contributed by atoms with van der Waals surface area (Å²) in [5.41, 5.74) is 0. The number of hydrogen-bond acceptors (Lipinski definition) is 5. The maximum absolute atomic E-state index is 8.56. The molecule has 0 aliphatic heterocycles. The quantitative estimate of drug-likeness (QED) is 0.278. The van der Waals surface area contributed by atoms with Gasteiger partial charge in [0.25, 0.3) is 0 Å². The number of rotatable bonds is 15. The first-order valence-corrected chi connectivity index (χ1v) is 6.92. The molecule has 5 heteroatoms. The van der Waals surface area contributed by atoms with Crippen molar-refractivity contribution < 1.29 is 24.4 Å². The van der Waals surface area contributed by atoms with E-state index in [0.29, 0.717) is 26.4 Å². The predicted octanol–water partition coefficient (Wildman–Crippen LogP) is 1.93. The van der Waals surface area contributed by atoms with Gasteiger partial charge in [-0.05, 0) is 32.1 Å². The van der Waals surface area contributed by atoms with Crippen LogP contribution in [-0.2, 0) is 19.2 Å². The number of ether oxygens (including phenoxy) is 2. The molecule has 0 saturated carbocycles. The molecule has 0 aliphatic rings. The van der Waals surface area contributed by atoms with Gasteiger partial charge >= 0.3 is 0 Å². The van der Waals surface area contributed by atoms with Gasteiger partial charge in [-0.3, -0.25) is 0 Å². The summed E-state index contributed by atoms with van der Waals surface area (Å²) < 4.78 is 10.6. The van der Waals surface area contributed by atoms with E-state index in [1.165, 1.54) is 0 Å². The van der Waals surface area contributed by atoms with E-state index in [9.17, 15) is 0 Å². The average Bonchev–Trinajstić information content (AvgIpc) is 2.39. The van der Waals surface area contributed by atoms with E-state index in [0.717, 1.165) is 45.3 Å². The smallest absolute Gasteiger partial charge is 0.0844 e. The van der Waals surface area contributed by atoms with Crippen LogP contribution >= 0.6 is 0 Å². The molecule has 0 atom stereocenters. The first-order valence-electron chi connectivity index (χ1n) is 6.92. The van der Waals surface area contributed by atoms with Gasteiger partial charge in [0, 0.05) is 33.0 Å². The molecule has 0 bridgehead atoms. The van der Waals surface area contributed by atoms with Gasteiger partial charge < -0.3 is 14.6 Å². The van der Waals surface area contributed by atoms with Crippen molar-refractivity contribution in [3.05, 3.63) is 0 Å². The molecular formula is C13H28O5. The molecule has 0 aromatic rings. The monoisotopic (exact) mass is 264 g/mol. The van der Waals surface area contributed by atoms with Crippen LogP contribution < -0.4 is 0 Å². The zero-order valence-electron chi connectivity index (χ0n) is 11.6. The minimum atomic E-state index is 0.238. The highest BCUT2D eigenvalue weighted by molar-refractivity contribution is 4.37. The molecule has 0 amide bonds. The van der Waals surface area contributed by atoms with Crippen molar-refractivity contribution in [1.29, 1.82) is 0 Å². The topological polar surface area (TPSA) is 57.2 Å². The molecule has 0 fully saturated rings. The Bertz CT molecular complexity index is 127. The minimum absolute atomic E-state index is 0.238. The zero-order chi connectivity index (χ0) is 13.3. The summed E-state index contributed by atoms with van der Waals surface area (Å²) in [5.74, 6) is 0. The summed E-state index contributed by atoms with van der Waals surface area (Å²) >= 11 is 0. The van der Waals surface area contributed by atoms with Crippen LogP contribution in [0.3, 0.4) is 0 Å². The van der Waals surface area contributed by atoms with Crippen molar-refractivity contribution in [2.24, 2.45) is 0 Å². The third kappa shape index (κ3) is 15.8. The van der Waals surface area contributed by atoms with E-state index in [1.807, 2.05) is 0 Å². The van der Waals surface area contributed by atoms with E-state index in [1.54, 1.807) is 0 Å². The van der Waals surface area contributed by atoms with Crippen molar-refractivity contribution in [3.8, 4) is 0 Å². The van der Waals surface area contributed by atoms with Crippen molar-refractivity contribution in [1.82, 2.24) is 0 Å². The van der Waals surface area contributed by atoms with Crippen LogP contribution in [-0.4, -0.2) is 51.4 Å². The summed E-state index contributed by atoms with van der Waals surface area (Å²) in [6.07, 6.45) is 4.45. The molecule has 1 N–H and O–H groups in total. The molecular weight excluding hydrogens is 236 g/mol. The normalized spacial score (nSPS) is 11.0. The lowest BCUT2D eigenvalue weighted by atomic mass is 10.3. The first kappa shape index (κ1) is 17.8. The maximum Gasteiger partial charge on any atom is 0.0844 e. The molecule has 0 unspecified atom stereocenters. The van der Waals surface area contributed by atoms with Crippen LogP contribution in [0.1, 0.15) is 39.0 Å². The molecule has 0 rings (SSSR count). The molecule has 0 aromatic carbocycles. The standard InChI is InChI=1S/C13H28O5/c1-2-8-15-10-5-12-17-18-13-6-11-16-9-4-3-7-14/h14H,2-13H2,1H3. The summed E-state index contributed by atoms with van der Waals surface area (Å²) in [6.45, 7) is 6.37. The molecule has 18 heavy (non-hydrogen) atoms. The van der Waals surface area contributed by atoms with E-state index >= 15 is 0 Å². The molecule has 110 valence electrons. The number of aliphatic hydroxyl groups excluding tert-OH is 1. The Morgan fingerprint density at radius 1 is 0.667 bits per heavy atom. The minimum Gasteiger partial charge on any atom is -0.396 e. The van der Waals surface area contributed by atoms with E-state index in [4.69, 9.17) is 24.4 Å². The Kier molecular flexibility index (Phi) is 16.6. The Morgan fingerprint density at radius 3 is 1.78 bits per heavy atom. The molecule has 0 aliphatic carbocycles. The van der Waals surface area contributed by atoms with Gasteiger partial charge in [-0.15, -0.1) is 0 Å². The van der Waals surface area contributed by atoms with Crippen LogP contribution in [0.4, 0.5) is 0 Å². The number of aliphatic hydroxyl groups is 1. The van der Waals surface area contributed by atoms with E-state index in [-0.39, 0.29) is 6.61 Å². The molecule has 5 nitrogen and oxygen atoms in total. The second kappa shape index (κ2) is 16.8. The van der Waals surface area contributed by atoms with Gasteiger partial charge in [0.1, 0.15) is 0 Å². The van der Waals surface area contributed by atoms with Gasteiger partial charge in [0.05, 0.1) is 13.2 Å². The van der Waals surface area contributed by atoms with Crippen LogP contribution in [0, 0.1) is 0 Å². The van der Waals surface area contributed by atoms with Gasteiger partial charge in [0.2, 0.25) is 0 Å². The van der Waals surface area contributed by atoms with Crippen LogP contribution in [0.25, 0.3) is 0 Å². The summed E-state index contributed by atoms with van der Waals surface area (Å²) in [6, 6.07) is 0. The van der Waals surface area contributed by atoms with Crippen LogP contribution in [0.2, 0.25) is 0 Å². The molecule has 0 spiro atoms. The van der Waals surface area contributed by atoms with Crippen molar-refractivity contribution in [2.75, 3.05) is 46.2 Å². The van der Waals surface area contributed by atoms with Crippen molar-refractivity contribution in [2.45, 2.75) is 39.0 Å². The fourth-order valence-corrected chi connectivity index (χ4v) is 1.22. The third-order valence-corrected chi connectivity index (χ3v) is 2.16. The Labute approximate surface area is 110 Å². The fourth-order valence-electron chi connectivity index (χ4n) is 1.22. The maximum atomic E-state index is 8.56. The second-order valence-electron chi connectivity index (χ2n) is 4.01. The summed E-state index contributed by atoms with van der Waals surface area (Å²) in [5, 5.41) is 8.56. The Balaban J connectivity index is 2.86. The Morgan fingerprint density at radius 2 is 1.22 bits per heavy atom. The fraction of sp³-hybridized carbons (Fsp3) is 1.00. The lowest BCUT2D eigenvalue weighted by Crippen LogP contribution is -2.05. The van der Waals surface area contributed by atoms with Crippen LogP contribution in [0.5, 0.6) is 0 Å². The van der Waals surface area contributed by atoms with E-state index < -0.39 is 0 Å². The first-order chi connectivity index (χ1) is 8.91. The van der Waals surface area contributed by atoms with E-state index in [2.05, 4.69) is 6.92 Å². The van der Waals surface area contributed by atoms with Gasteiger partial charge in [-0.25, -0.2) is 9.78 Å². The molecule has 0 heterocycles. The van der Waals surface area contributed by atoms with Crippen molar-refractivity contribution >= 4 is 0 Å². The lowest BCUT2D eigenvalue weighted by molar-refractivity contribution is -0.296. The average molecular weight is 264 g/mol. The molecule has 0 saturated heterocycles. The largest absolute Gasteiger partial charge is 0.396 e. The lowest BCUT2D eigenvalue weighted by Gasteiger charge is -2.05. The second-order valence-corrected chi connectivity index (χ2v) is 4.01. The van der Waals surface area contributed by atoms with Gasteiger partial charge in [-0.2, -0.15) is 0 Å².